The molecule has 1 rings (SSSR count). The second-order valence-electron chi connectivity index (χ2n) is 3.66. The fourth-order valence-corrected chi connectivity index (χ4v) is 1.43. The topological polar surface area (TPSA) is 49.4 Å². The van der Waals surface area contributed by atoms with Gasteiger partial charge in [0.05, 0.1) is 0 Å². The maximum Gasteiger partial charge on any atom is 0.324 e. The molecular weight excluding hydrogens is 168 g/mol. The third kappa shape index (κ3) is 1.82. The van der Waals surface area contributed by atoms with E-state index in [9.17, 15) is 9.59 Å². The van der Waals surface area contributed by atoms with Gasteiger partial charge >= 0.3 is 6.03 Å². The first kappa shape index (κ1) is 10.0. The Balaban J connectivity index is 2.69. The molecule has 1 aliphatic rings. The largest absolute Gasteiger partial charge is 0.326 e. The molecule has 0 aromatic rings. The van der Waals surface area contributed by atoms with E-state index in [-0.39, 0.29) is 23.9 Å². The Morgan fingerprint density at radius 1 is 1.46 bits per heavy atom. The molecule has 13 heavy (non-hydrogen) atoms. The molecule has 1 fully saturated rings. The first-order valence-electron chi connectivity index (χ1n) is 4.69. The van der Waals surface area contributed by atoms with Gasteiger partial charge in [0, 0.05) is 6.54 Å². The number of hydrogen-bond donors (Lipinski definition) is 1. The van der Waals surface area contributed by atoms with Crippen molar-refractivity contribution >= 4 is 11.9 Å². The number of carbonyl (C=O) groups excluding carboxylic acids is 2. The molecule has 0 bridgehead atoms. The number of nitrogens with zero attached hydrogens (tertiary/aromatic N) is 1. The van der Waals surface area contributed by atoms with Crippen LogP contribution in [-0.2, 0) is 4.79 Å². The van der Waals surface area contributed by atoms with Gasteiger partial charge in [-0.2, -0.15) is 0 Å². The number of rotatable bonds is 3. The number of carbonyl (C=O) groups is 2. The van der Waals surface area contributed by atoms with E-state index in [4.69, 9.17) is 0 Å². The maximum absolute atomic E-state index is 11.6. The Morgan fingerprint density at radius 2 is 2.08 bits per heavy atom. The van der Waals surface area contributed by atoms with Gasteiger partial charge in [0.15, 0.2) is 0 Å². The summed E-state index contributed by atoms with van der Waals surface area (Å²) >= 11 is 0. The van der Waals surface area contributed by atoms with Gasteiger partial charge in [0.2, 0.25) is 0 Å². The zero-order valence-corrected chi connectivity index (χ0v) is 8.33. The Morgan fingerprint density at radius 3 is 2.46 bits per heavy atom. The minimum Gasteiger partial charge on any atom is -0.326 e. The molecule has 1 N–H and O–H groups in total. The summed E-state index contributed by atoms with van der Waals surface area (Å²) in [6.45, 7) is 6.33. The summed E-state index contributed by atoms with van der Waals surface area (Å²) in [6.07, 6.45) is 0.809. The van der Waals surface area contributed by atoms with E-state index in [0.717, 1.165) is 6.42 Å². The van der Waals surface area contributed by atoms with E-state index >= 15 is 0 Å². The van der Waals surface area contributed by atoms with E-state index in [1.807, 2.05) is 20.8 Å². The summed E-state index contributed by atoms with van der Waals surface area (Å²) in [5, 5.41) is 2.68. The Labute approximate surface area is 78.3 Å². The molecule has 1 aliphatic heterocycles. The molecule has 0 aromatic heterocycles. The highest BCUT2D eigenvalue weighted by molar-refractivity contribution is 6.04. The molecule has 0 aliphatic carbocycles. The van der Waals surface area contributed by atoms with E-state index < -0.39 is 0 Å². The Kier molecular flexibility index (Phi) is 2.90. The molecule has 0 saturated carbocycles. The van der Waals surface area contributed by atoms with Crippen molar-refractivity contribution in [2.75, 3.05) is 6.54 Å². The van der Waals surface area contributed by atoms with Crippen LogP contribution in [0.25, 0.3) is 0 Å². The molecule has 1 saturated heterocycles. The minimum atomic E-state index is -0.320. The lowest BCUT2D eigenvalue weighted by atomic mass is 10.1. The van der Waals surface area contributed by atoms with Gasteiger partial charge in [-0.3, -0.25) is 9.69 Å². The molecule has 1 atom stereocenters. The van der Waals surface area contributed by atoms with Crippen LogP contribution in [0, 0.1) is 5.92 Å². The lowest BCUT2D eigenvalue weighted by Gasteiger charge is -2.13. The van der Waals surface area contributed by atoms with Gasteiger partial charge in [-0.1, -0.05) is 20.8 Å². The van der Waals surface area contributed by atoms with Crippen LogP contribution in [0.2, 0.25) is 0 Å². The van der Waals surface area contributed by atoms with Crippen LogP contribution >= 0.6 is 0 Å². The smallest absolute Gasteiger partial charge is 0.324 e. The first-order chi connectivity index (χ1) is 6.07. The number of hydrogen-bond acceptors (Lipinski definition) is 2. The lowest BCUT2D eigenvalue weighted by molar-refractivity contribution is -0.128. The van der Waals surface area contributed by atoms with Crippen LogP contribution in [0.1, 0.15) is 27.2 Å². The average Bonchev–Trinajstić information content (AvgIpc) is 2.32. The standard InChI is InChI=1S/C9H16N2O2/c1-4-5-11-8(12)7(6(2)3)10-9(11)13/h6-7H,4-5H2,1-3H3,(H,10,13). The third-order valence-electron chi connectivity index (χ3n) is 2.17. The first-order valence-corrected chi connectivity index (χ1v) is 4.69. The average molecular weight is 184 g/mol. The van der Waals surface area contributed by atoms with Crippen LogP contribution < -0.4 is 5.32 Å². The van der Waals surface area contributed by atoms with E-state index in [1.54, 1.807) is 0 Å². The second kappa shape index (κ2) is 3.77. The quantitative estimate of drug-likeness (QED) is 0.664. The molecule has 1 heterocycles. The van der Waals surface area contributed by atoms with Crippen molar-refractivity contribution in [2.24, 2.45) is 5.92 Å². The summed E-state index contributed by atoms with van der Waals surface area (Å²) in [4.78, 5) is 24.2. The third-order valence-corrected chi connectivity index (χ3v) is 2.17. The number of nitrogens with one attached hydrogen (secondary N) is 1. The minimum absolute atomic E-state index is 0.0816. The highest BCUT2D eigenvalue weighted by Gasteiger charge is 2.38. The SMILES string of the molecule is CCCN1C(=O)NC(C(C)C)C1=O. The van der Waals surface area contributed by atoms with Gasteiger partial charge < -0.3 is 5.32 Å². The van der Waals surface area contributed by atoms with Gasteiger partial charge in [-0.25, -0.2) is 4.79 Å². The van der Waals surface area contributed by atoms with Crippen molar-refractivity contribution in [3.05, 3.63) is 0 Å². The highest BCUT2D eigenvalue weighted by Crippen LogP contribution is 2.13. The van der Waals surface area contributed by atoms with Crippen LogP contribution in [0.5, 0.6) is 0 Å². The van der Waals surface area contributed by atoms with Crippen molar-refractivity contribution in [3.63, 3.8) is 0 Å². The molecule has 1 unspecified atom stereocenters. The fourth-order valence-electron chi connectivity index (χ4n) is 1.43. The van der Waals surface area contributed by atoms with Gasteiger partial charge in [0.25, 0.3) is 5.91 Å². The zero-order valence-electron chi connectivity index (χ0n) is 8.33. The van der Waals surface area contributed by atoms with Crippen molar-refractivity contribution < 1.29 is 9.59 Å². The number of urea groups is 1. The molecule has 0 aromatic carbocycles. The summed E-state index contributed by atoms with van der Waals surface area (Å²) in [7, 11) is 0. The predicted molar refractivity (Wildman–Crippen MR) is 49.2 cm³/mol. The number of amides is 3. The monoisotopic (exact) mass is 184 g/mol. The summed E-state index contributed by atoms with van der Waals surface area (Å²) in [5.74, 6) is 0.0835. The van der Waals surface area contributed by atoms with Crippen LogP contribution in [0.15, 0.2) is 0 Å². The molecule has 74 valence electrons. The van der Waals surface area contributed by atoms with Crippen molar-refractivity contribution in [1.29, 1.82) is 0 Å². The van der Waals surface area contributed by atoms with Gasteiger partial charge in [0.1, 0.15) is 6.04 Å². The summed E-state index contributed by atoms with van der Waals surface area (Å²) < 4.78 is 0. The molecule has 0 radical (unpaired) electrons. The molecular formula is C9H16N2O2. The lowest BCUT2D eigenvalue weighted by Crippen LogP contribution is -2.34. The normalized spacial score (nSPS) is 22.8. The summed E-state index contributed by atoms with van der Waals surface area (Å²) in [6, 6.07) is -0.565. The fraction of sp³-hybridized carbons (Fsp3) is 0.778. The van der Waals surface area contributed by atoms with E-state index in [1.165, 1.54) is 4.90 Å². The van der Waals surface area contributed by atoms with Crippen LogP contribution in [-0.4, -0.2) is 29.4 Å². The number of imide groups is 1. The zero-order chi connectivity index (χ0) is 10.0. The van der Waals surface area contributed by atoms with Crippen LogP contribution in [0.3, 0.4) is 0 Å². The Bertz CT molecular complexity index is 226. The Hall–Kier alpha value is -1.06. The maximum atomic E-state index is 11.6. The molecule has 4 nitrogen and oxygen atoms in total. The highest BCUT2D eigenvalue weighted by atomic mass is 16.2. The summed E-state index contributed by atoms with van der Waals surface area (Å²) in [5.41, 5.74) is 0. The van der Waals surface area contributed by atoms with Crippen molar-refractivity contribution in [2.45, 2.75) is 33.2 Å². The van der Waals surface area contributed by atoms with Crippen molar-refractivity contribution in [3.8, 4) is 0 Å². The molecule has 0 spiro atoms. The molecule has 4 heteroatoms. The van der Waals surface area contributed by atoms with Gasteiger partial charge in [-0.15, -0.1) is 0 Å². The van der Waals surface area contributed by atoms with Gasteiger partial charge in [-0.05, 0) is 12.3 Å². The second-order valence-corrected chi connectivity index (χ2v) is 3.66. The van der Waals surface area contributed by atoms with E-state index in [2.05, 4.69) is 5.32 Å². The predicted octanol–water partition coefficient (Wildman–Crippen LogP) is 0.973. The van der Waals surface area contributed by atoms with Crippen molar-refractivity contribution in [1.82, 2.24) is 10.2 Å². The van der Waals surface area contributed by atoms with E-state index in [0.29, 0.717) is 6.54 Å². The van der Waals surface area contributed by atoms with Crippen LogP contribution in [0.4, 0.5) is 4.79 Å². The molecule has 3 amide bonds.